The largest absolute Gasteiger partial charge is 0.464 e. The molecule has 7 nitrogen and oxygen atoms in total. The van der Waals surface area contributed by atoms with Gasteiger partial charge in [0.05, 0.1) is 24.2 Å². The lowest BCUT2D eigenvalue weighted by molar-refractivity contribution is -0.154. The van der Waals surface area contributed by atoms with E-state index >= 15 is 0 Å². The van der Waals surface area contributed by atoms with E-state index in [4.69, 9.17) is 9.15 Å². The number of carbonyl (C=O) groups excluding carboxylic acids is 2. The minimum absolute atomic E-state index is 0.0313. The van der Waals surface area contributed by atoms with Crippen molar-refractivity contribution in [3.8, 4) is 0 Å². The summed E-state index contributed by atoms with van der Waals surface area (Å²) in [5.74, 6) is -1.06. The third kappa shape index (κ3) is 4.12. The Morgan fingerprint density at radius 1 is 1.24 bits per heavy atom. The highest BCUT2D eigenvalue weighted by molar-refractivity contribution is 7.91. The van der Waals surface area contributed by atoms with Crippen molar-refractivity contribution >= 4 is 43.5 Å². The van der Waals surface area contributed by atoms with Crippen molar-refractivity contribution in [1.29, 1.82) is 0 Å². The second kappa shape index (κ2) is 7.51. The molecule has 1 amide bonds. The van der Waals surface area contributed by atoms with Crippen molar-refractivity contribution in [2.24, 2.45) is 0 Å². The second-order valence-electron chi connectivity index (χ2n) is 7.34. The fourth-order valence-corrected chi connectivity index (χ4v) is 5.35. The molecule has 1 fully saturated rings. The zero-order chi connectivity index (χ0) is 20.6. The zero-order valence-electron chi connectivity index (χ0n) is 15.9. The Labute approximate surface area is 167 Å². The van der Waals surface area contributed by atoms with E-state index in [1.54, 1.807) is 0 Å². The van der Waals surface area contributed by atoms with E-state index in [-0.39, 0.29) is 17.9 Å². The molecule has 0 aliphatic carbocycles. The number of rotatable bonds is 5. The van der Waals surface area contributed by atoms with Gasteiger partial charge < -0.3 is 14.5 Å². The number of hydrogen-bond donors (Lipinski definition) is 1. The predicted molar refractivity (Wildman–Crippen MR) is 108 cm³/mol. The van der Waals surface area contributed by atoms with Gasteiger partial charge in [-0.05, 0) is 30.2 Å². The van der Waals surface area contributed by atoms with Crippen LogP contribution in [0.3, 0.4) is 0 Å². The van der Waals surface area contributed by atoms with Gasteiger partial charge in [-0.3, -0.25) is 9.59 Å². The molecule has 152 valence electrons. The topological polar surface area (TPSA) is 103 Å². The van der Waals surface area contributed by atoms with Crippen molar-refractivity contribution < 1.29 is 27.2 Å². The average Bonchev–Trinajstić information content (AvgIpc) is 3.24. The third-order valence-electron chi connectivity index (χ3n) is 5.13. The van der Waals surface area contributed by atoms with Crippen LogP contribution in [-0.4, -0.2) is 43.9 Å². The number of amides is 1. The molecule has 0 spiro atoms. The van der Waals surface area contributed by atoms with Crippen molar-refractivity contribution in [1.82, 2.24) is 5.32 Å². The lowest BCUT2D eigenvalue weighted by Gasteiger charge is -2.16. The summed E-state index contributed by atoms with van der Waals surface area (Å²) in [6, 6.07) is 11.2. The van der Waals surface area contributed by atoms with Crippen molar-refractivity contribution in [2.75, 3.05) is 11.5 Å². The van der Waals surface area contributed by atoms with Gasteiger partial charge in [-0.15, -0.1) is 0 Å². The van der Waals surface area contributed by atoms with E-state index in [0.29, 0.717) is 17.6 Å². The van der Waals surface area contributed by atoms with Gasteiger partial charge in [-0.1, -0.05) is 30.3 Å². The fourth-order valence-electron chi connectivity index (χ4n) is 3.68. The van der Waals surface area contributed by atoms with E-state index in [9.17, 15) is 18.0 Å². The summed E-state index contributed by atoms with van der Waals surface area (Å²) in [5, 5.41) is 5.51. The van der Waals surface area contributed by atoms with Crippen LogP contribution in [0.15, 0.2) is 47.1 Å². The zero-order valence-corrected chi connectivity index (χ0v) is 16.7. The molecule has 0 bridgehead atoms. The Balaban J connectivity index is 1.43. The van der Waals surface area contributed by atoms with Crippen molar-refractivity contribution in [3.05, 3.63) is 48.2 Å². The number of hydrogen-bond acceptors (Lipinski definition) is 6. The number of sulfone groups is 1. The van der Waals surface area contributed by atoms with Crippen molar-refractivity contribution in [3.63, 3.8) is 0 Å². The Hall–Kier alpha value is -2.87. The Kier molecular flexibility index (Phi) is 5.04. The summed E-state index contributed by atoms with van der Waals surface area (Å²) < 4.78 is 33.8. The molecule has 1 N–H and O–H groups in total. The van der Waals surface area contributed by atoms with E-state index < -0.39 is 33.9 Å². The quantitative estimate of drug-likeness (QED) is 0.642. The number of carbonyl (C=O) groups is 2. The SMILES string of the molecule is C[C@H](OC(=O)Cc1coc2ccc3ccccc3c12)C(=O)N[C@@H]1CCS(=O)(=O)C1. The monoisotopic (exact) mass is 415 g/mol. The molecule has 3 aromatic rings. The highest BCUT2D eigenvalue weighted by Crippen LogP contribution is 2.30. The molecule has 2 aromatic carbocycles. The molecule has 2 heterocycles. The molecule has 0 radical (unpaired) electrons. The van der Waals surface area contributed by atoms with Crippen LogP contribution < -0.4 is 5.32 Å². The number of benzene rings is 2. The first-order valence-electron chi connectivity index (χ1n) is 9.40. The number of ether oxygens (including phenoxy) is 1. The standard InChI is InChI=1S/C21H21NO6S/c1-13(21(24)22-16-8-9-29(25,26)12-16)28-19(23)10-15-11-27-18-7-6-14-4-2-3-5-17(14)20(15)18/h2-7,11,13,16H,8-10,12H2,1H3,(H,22,24)/t13-,16+/m0/s1. The molecular formula is C21H21NO6S. The van der Waals surface area contributed by atoms with E-state index in [2.05, 4.69) is 5.32 Å². The number of fused-ring (bicyclic) bond motifs is 3. The lowest BCUT2D eigenvalue weighted by atomic mass is 10.0. The molecule has 8 heteroatoms. The van der Waals surface area contributed by atoms with Gasteiger partial charge in [0.1, 0.15) is 5.58 Å². The minimum atomic E-state index is -3.10. The van der Waals surface area contributed by atoms with Crippen LogP contribution >= 0.6 is 0 Å². The van der Waals surface area contributed by atoms with Gasteiger partial charge in [0.2, 0.25) is 0 Å². The molecule has 1 aliphatic rings. The summed E-state index contributed by atoms with van der Waals surface area (Å²) in [5.41, 5.74) is 1.37. The van der Waals surface area contributed by atoms with Gasteiger partial charge >= 0.3 is 5.97 Å². The highest BCUT2D eigenvalue weighted by Gasteiger charge is 2.30. The Morgan fingerprint density at radius 3 is 2.79 bits per heavy atom. The minimum Gasteiger partial charge on any atom is -0.464 e. The summed E-state index contributed by atoms with van der Waals surface area (Å²) in [6.45, 7) is 1.47. The highest BCUT2D eigenvalue weighted by atomic mass is 32.2. The lowest BCUT2D eigenvalue weighted by Crippen LogP contribution is -2.42. The second-order valence-corrected chi connectivity index (χ2v) is 9.57. The van der Waals surface area contributed by atoms with Gasteiger partial charge in [0.25, 0.3) is 5.91 Å². The summed E-state index contributed by atoms with van der Waals surface area (Å²) in [6.07, 6.45) is 0.867. The molecule has 1 aliphatic heterocycles. The van der Waals surface area contributed by atoms with Gasteiger partial charge in [0.15, 0.2) is 15.9 Å². The van der Waals surface area contributed by atoms with Crippen LogP contribution in [0.25, 0.3) is 21.7 Å². The van der Waals surface area contributed by atoms with E-state index in [0.717, 1.165) is 16.2 Å². The normalized spacial score (nSPS) is 19.3. The maximum atomic E-state index is 12.4. The summed E-state index contributed by atoms with van der Waals surface area (Å²) >= 11 is 0. The van der Waals surface area contributed by atoms with Gasteiger partial charge in [-0.25, -0.2) is 8.42 Å². The molecular weight excluding hydrogens is 394 g/mol. The molecule has 0 saturated carbocycles. The van der Waals surface area contributed by atoms with E-state index in [1.807, 2.05) is 36.4 Å². The van der Waals surface area contributed by atoms with Crippen LogP contribution in [0.4, 0.5) is 0 Å². The molecule has 4 rings (SSSR count). The first-order valence-corrected chi connectivity index (χ1v) is 11.2. The molecule has 1 saturated heterocycles. The van der Waals surface area contributed by atoms with Crippen LogP contribution in [0.2, 0.25) is 0 Å². The molecule has 29 heavy (non-hydrogen) atoms. The smallest absolute Gasteiger partial charge is 0.311 e. The third-order valence-corrected chi connectivity index (χ3v) is 6.90. The van der Waals surface area contributed by atoms with Crippen molar-refractivity contribution in [2.45, 2.75) is 31.9 Å². The first-order chi connectivity index (χ1) is 13.8. The van der Waals surface area contributed by atoms with Crippen LogP contribution in [0.5, 0.6) is 0 Å². The predicted octanol–water partition coefficient (Wildman–Crippen LogP) is 2.36. The first kappa shape index (κ1) is 19.4. The maximum Gasteiger partial charge on any atom is 0.311 e. The van der Waals surface area contributed by atoms with Crippen LogP contribution in [-0.2, 0) is 30.6 Å². The Morgan fingerprint density at radius 2 is 2.03 bits per heavy atom. The van der Waals surface area contributed by atoms with Gasteiger partial charge in [-0.2, -0.15) is 0 Å². The molecule has 1 aromatic heterocycles. The number of esters is 1. The van der Waals surface area contributed by atoms with E-state index in [1.165, 1.54) is 13.2 Å². The molecule has 0 unspecified atom stereocenters. The summed E-state index contributed by atoms with van der Waals surface area (Å²) in [7, 11) is -3.10. The average molecular weight is 415 g/mol. The number of furan rings is 1. The number of nitrogens with one attached hydrogen (secondary N) is 1. The van der Waals surface area contributed by atoms with Gasteiger partial charge in [0, 0.05) is 17.0 Å². The maximum absolute atomic E-state index is 12.4. The summed E-state index contributed by atoms with van der Waals surface area (Å²) in [4.78, 5) is 24.6. The van der Waals surface area contributed by atoms with Crippen LogP contribution in [0.1, 0.15) is 18.9 Å². The molecule has 2 atom stereocenters. The van der Waals surface area contributed by atoms with Crippen LogP contribution in [0, 0.1) is 0 Å². The Bertz CT molecular complexity index is 1200. The fraction of sp³-hybridized carbons (Fsp3) is 0.333.